The van der Waals surface area contributed by atoms with Gasteiger partial charge in [-0.2, -0.15) is 0 Å². The van der Waals surface area contributed by atoms with Gasteiger partial charge in [0.05, 0.1) is 25.8 Å². The summed E-state index contributed by atoms with van der Waals surface area (Å²) in [5, 5.41) is 3.66. The number of benzene rings is 1. The van der Waals surface area contributed by atoms with Crippen LogP contribution in [0.2, 0.25) is 20.1 Å². The van der Waals surface area contributed by atoms with Gasteiger partial charge in [-0.3, -0.25) is 0 Å². The SMILES string of the molecule is Nc1nc(/C=C/c2c(Cl)cc(Cl)c(Cl)c2Cl)cs1. The molecule has 0 atom stereocenters. The Labute approximate surface area is 128 Å². The van der Waals surface area contributed by atoms with Crippen LogP contribution in [-0.2, 0) is 0 Å². The molecular weight excluding hydrogens is 334 g/mol. The van der Waals surface area contributed by atoms with Crippen LogP contribution in [0.1, 0.15) is 11.3 Å². The third kappa shape index (κ3) is 2.92. The summed E-state index contributed by atoms with van der Waals surface area (Å²) >= 11 is 25.3. The summed E-state index contributed by atoms with van der Waals surface area (Å²) in [4.78, 5) is 4.09. The second-order valence-corrected chi connectivity index (χ2v) is 5.79. The lowest BCUT2D eigenvalue weighted by molar-refractivity contribution is 1.39. The van der Waals surface area contributed by atoms with E-state index in [1.165, 1.54) is 11.3 Å². The first-order chi connectivity index (χ1) is 8.49. The highest BCUT2D eigenvalue weighted by Gasteiger charge is 2.11. The minimum absolute atomic E-state index is 0.278. The van der Waals surface area contributed by atoms with Crippen LogP contribution in [0.3, 0.4) is 0 Å². The number of halogens is 4. The van der Waals surface area contributed by atoms with Gasteiger partial charge < -0.3 is 5.73 Å². The van der Waals surface area contributed by atoms with Crippen LogP contribution in [0.5, 0.6) is 0 Å². The zero-order valence-corrected chi connectivity index (χ0v) is 12.6. The summed E-state index contributed by atoms with van der Waals surface area (Å²) in [6, 6.07) is 1.55. The lowest BCUT2D eigenvalue weighted by Crippen LogP contribution is -1.83. The van der Waals surface area contributed by atoms with Crippen LogP contribution in [-0.4, -0.2) is 4.98 Å². The van der Waals surface area contributed by atoms with Gasteiger partial charge in [0.25, 0.3) is 0 Å². The lowest BCUT2D eigenvalue weighted by Gasteiger charge is -2.05. The van der Waals surface area contributed by atoms with Crippen molar-refractivity contribution in [1.29, 1.82) is 0 Å². The van der Waals surface area contributed by atoms with E-state index in [9.17, 15) is 0 Å². The van der Waals surface area contributed by atoms with Crippen LogP contribution in [0.15, 0.2) is 11.4 Å². The summed E-state index contributed by atoms with van der Waals surface area (Å²) in [5.41, 5.74) is 6.86. The number of hydrogen-bond acceptors (Lipinski definition) is 3. The van der Waals surface area contributed by atoms with Crippen molar-refractivity contribution in [3.8, 4) is 0 Å². The Bertz CT molecular complexity index is 622. The van der Waals surface area contributed by atoms with E-state index < -0.39 is 0 Å². The van der Waals surface area contributed by atoms with E-state index in [-0.39, 0.29) is 5.02 Å². The van der Waals surface area contributed by atoms with Crippen LogP contribution in [0.4, 0.5) is 5.13 Å². The fourth-order valence-corrected chi connectivity index (χ4v) is 2.86. The molecule has 0 spiro atoms. The highest BCUT2D eigenvalue weighted by atomic mass is 35.5. The van der Waals surface area contributed by atoms with E-state index in [0.717, 1.165) is 5.69 Å². The van der Waals surface area contributed by atoms with Crippen LogP contribution >= 0.6 is 57.7 Å². The van der Waals surface area contributed by atoms with Crippen molar-refractivity contribution in [1.82, 2.24) is 4.98 Å². The second kappa shape index (κ2) is 5.68. The lowest BCUT2D eigenvalue weighted by atomic mass is 10.2. The first-order valence-corrected chi connectivity index (χ1v) is 7.10. The number of thiazole rings is 1. The predicted octanol–water partition coefficient (Wildman–Crippen LogP) is 5.51. The van der Waals surface area contributed by atoms with Gasteiger partial charge in [-0.25, -0.2) is 4.98 Å². The average molecular weight is 340 g/mol. The molecule has 7 heteroatoms. The number of hydrogen-bond donors (Lipinski definition) is 1. The third-order valence-corrected chi connectivity index (χ3v) is 4.39. The molecule has 0 bridgehead atoms. The normalized spacial score (nSPS) is 11.3. The van der Waals surface area contributed by atoms with E-state index in [1.54, 1.807) is 18.2 Å². The zero-order chi connectivity index (χ0) is 13.3. The quantitative estimate of drug-likeness (QED) is 0.578. The van der Waals surface area contributed by atoms with Gasteiger partial charge in [-0.15, -0.1) is 11.3 Å². The van der Waals surface area contributed by atoms with E-state index in [4.69, 9.17) is 52.1 Å². The molecule has 0 aliphatic heterocycles. The topological polar surface area (TPSA) is 38.9 Å². The average Bonchev–Trinajstić information content (AvgIpc) is 2.72. The Morgan fingerprint density at radius 2 is 1.78 bits per heavy atom. The van der Waals surface area contributed by atoms with Gasteiger partial charge in [0.2, 0.25) is 0 Å². The standard InChI is InChI=1S/C11H6Cl4N2S/c12-7-3-8(13)10(15)9(14)6(7)2-1-5-4-18-11(16)17-5/h1-4H,(H2,16,17)/b2-1+. The molecule has 2 nitrogen and oxygen atoms in total. The molecule has 0 saturated carbocycles. The Hall–Kier alpha value is -0.450. The van der Waals surface area contributed by atoms with Gasteiger partial charge in [-0.05, 0) is 18.2 Å². The number of nitrogens with two attached hydrogens (primary N) is 1. The fourth-order valence-electron chi connectivity index (χ4n) is 1.28. The molecule has 18 heavy (non-hydrogen) atoms. The molecule has 2 N–H and O–H groups in total. The van der Waals surface area contributed by atoms with E-state index in [1.807, 2.05) is 5.38 Å². The van der Waals surface area contributed by atoms with Crippen molar-refractivity contribution >= 4 is 75.0 Å². The number of nitrogen functional groups attached to an aromatic ring is 1. The molecule has 2 rings (SSSR count). The van der Waals surface area contributed by atoms with E-state index in [0.29, 0.717) is 25.8 Å². The number of rotatable bonds is 2. The molecule has 1 aromatic heterocycles. The van der Waals surface area contributed by atoms with Crippen molar-refractivity contribution in [2.45, 2.75) is 0 Å². The van der Waals surface area contributed by atoms with Crippen molar-refractivity contribution in [3.05, 3.63) is 42.8 Å². The molecule has 0 unspecified atom stereocenters. The molecule has 0 saturated heterocycles. The molecule has 0 fully saturated rings. The molecule has 1 heterocycles. The largest absolute Gasteiger partial charge is 0.375 e. The fraction of sp³-hybridized carbons (Fsp3) is 0. The second-order valence-electron chi connectivity index (χ2n) is 3.33. The van der Waals surface area contributed by atoms with Gasteiger partial charge in [0.1, 0.15) is 0 Å². The van der Waals surface area contributed by atoms with Gasteiger partial charge in [0.15, 0.2) is 5.13 Å². The number of anilines is 1. The number of aromatic nitrogens is 1. The monoisotopic (exact) mass is 338 g/mol. The van der Waals surface area contributed by atoms with Crippen LogP contribution in [0.25, 0.3) is 12.2 Å². The highest BCUT2D eigenvalue weighted by molar-refractivity contribution is 7.13. The predicted molar refractivity (Wildman–Crippen MR) is 81.9 cm³/mol. The third-order valence-electron chi connectivity index (χ3n) is 2.11. The molecule has 2 aromatic rings. The molecule has 94 valence electrons. The summed E-state index contributed by atoms with van der Waals surface area (Å²) in [6.07, 6.45) is 3.48. The minimum Gasteiger partial charge on any atom is -0.375 e. The Morgan fingerprint density at radius 1 is 1.06 bits per heavy atom. The van der Waals surface area contributed by atoms with Crippen molar-refractivity contribution < 1.29 is 0 Å². The molecule has 1 aromatic carbocycles. The van der Waals surface area contributed by atoms with Gasteiger partial charge in [-0.1, -0.05) is 46.4 Å². The summed E-state index contributed by atoms with van der Waals surface area (Å²) in [7, 11) is 0. The smallest absolute Gasteiger partial charge is 0.180 e. The highest BCUT2D eigenvalue weighted by Crippen LogP contribution is 2.38. The van der Waals surface area contributed by atoms with Crippen molar-refractivity contribution in [2.75, 3.05) is 5.73 Å². The van der Waals surface area contributed by atoms with Gasteiger partial charge >= 0.3 is 0 Å². The Balaban J connectivity index is 2.40. The molecule has 0 aliphatic rings. The van der Waals surface area contributed by atoms with Crippen LogP contribution < -0.4 is 5.73 Å². The van der Waals surface area contributed by atoms with E-state index >= 15 is 0 Å². The maximum atomic E-state index is 6.08. The summed E-state index contributed by atoms with van der Waals surface area (Å²) in [6.45, 7) is 0. The summed E-state index contributed by atoms with van der Waals surface area (Å²) in [5.74, 6) is 0. The van der Waals surface area contributed by atoms with Gasteiger partial charge in [0, 0.05) is 10.9 Å². The summed E-state index contributed by atoms with van der Waals surface area (Å²) < 4.78 is 0. The van der Waals surface area contributed by atoms with Crippen LogP contribution in [0, 0.1) is 0 Å². The molecular formula is C11H6Cl4N2S. The minimum atomic E-state index is 0.278. The number of nitrogens with zero attached hydrogens (tertiary/aromatic N) is 1. The Kier molecular flexibility index (Phi) is 4.41. The maximum absolute atomic E-state index is 6.08. The van der Waals surface area contributed by atoms with Crippen molar-refractivity contribution in [2.24, 2.45) is 0 Å². The van der Waals surface area contributed by atoms with Crippen molar-refractivity contribution in [3.63, 3.8) is 0 Å². The zero-order valence-electron chi connectivity index (χ0n) is 8.75. The first-order valence-electron chi connectivity index (χ1n) is 4.71. The van der Waals surface area contributed by atoms with E-state index in [2.05, 4.69) is 4.98 Å². The molecule has 0 amide bonds. The molecule has 0 aliphatic carbocycles. The first kappa shape index (κ1) is 14.0. The molecule has 0 radical (unpaired) electrons. The Morgan fingerprint density at radius 3 is 2.39 bits per heavy atom. The maximum Gasteiger partial charge on any atom is 0.180 e.